The Kier molecular flexibility index (Phi) is 8.06. The summed E-state index contributed by atoms with van der Waals surface area (Å²) in [6, 6.07) is 12.0. The molecule has 0 radical (unpaired) electrons. The summed E-state index contributed by atoms with van der Waals surface area (Å²) in [5.41, 5.74) is 2.38. The molecule has 1 atom stereocenters. The van der Waals surface area contributed by atoms with Gasteiger partial charge in [-0.05, 0) is 68.8 Å². The molecule has 0 bridgehead atoms. The number of ether oxygens (including phenoxy) is 2. The highest BCUT2D eigenvalue weighted by molar-refractivity contribution is 7.98. The number of halogens is 1. The third-order valence-corrected chi connectivity index (χ3v) is 6.81. The first-order valence-corrected chi connectivity index (χ1v) is 11.6. The third kappa shape index (κ3) is 6.06. The van der Waals surface area contributed by atoms with Crippen LogP contribution in [0.2, 0.25) is 0 Å². The standard InChI is InChI=1S/C23H24FNO4S2/c1-4-28-23(27)15(3)29-20-10-9-18(11-14(20)2)30-13-21-19(12-26)25-22(31-21)16-5-7-17(24)8-6-16/h5-11,15,26H,4,12-13H2,1-3H3. The molecule has 2 aromatic carbocycles. The molecule has 0 aliphatic carbocycles. The lowest BCUT2D eigenvalue weighted by Crippen LogP contribution is -2.26. The molecule has 3 rings (SSSR count). The van der Waals surface area contributed by atoms with E-state index in [0.29, 0.717) is 23.8 Å². The minimum atomic E-state index is -0.675. The lowest BCUT2D eigenvalue weighted by molar-refractivity contribution is -0.150. The summed E-state index contributed by atoms with van der Waals surface area (Å²) in [5, 5.41) is 10.4. The van der Waals surface area contributed by atoms with Crippen molar-refractivity contribution in [3.8, 4) is 16.3 Å². The molecule has 3 aromatic rings. The molecule has 0 saturated carbocycles. The molecule has 1 N–H and O–H groups in total. The van der Waals surface area contributed by atoms with E-state index in [1.807, 2.05) is 25.1 Å². The Balaban J connectivity index is 1.68. The SMILES string of the molecule is CCOC(=O)C(C)Oc1ccc(SCc2sc(-c3ccc(F)cc3)nc2CO)cc1C. The second-order valence-electron chi connectivity index (χ2n) is 6.78. The van der Waals surface area contributed by atoms with Gasteiger partial charge in [-0.15, -0.1) is 23.1 Å². The predicted molar refractivity (Wildman–Crippen MR) is 121 cm³/mol. The average molecular weight is 462 g/mol. The number of aliphatic hydroxyl groups is 1. The van der Waals surface area contributed by atoms with E-state index in [4.69, 9.17) is 9.47 Å². The van der Waals surface area contributed by atoms with Crippen LogP contribution in [0, 0.1) is 12.7 Å². The van der Waals surface area contributed by atoms with Crippen LogP contribution < -0.4 is 4.74 Å². The zero-order chi connectivity index (χ0) is 22.4. The number of esters is 1. The second-order valence-corrected chi connectivity index (χ2v) is 8.91. The predicted octanol–water partition coefficient (Wildman–Crippen LogP) is 5.37. The highest BCUT2D eigenvalue weighted by Gasteiger charge is 2.17. The summed E-state index contributed by atoms with van der Waals surface area (Å²) in [5.74, 6) is 0.599. The first-order chi connectivity index (χ1) is 14.9. The van der Waals surface area contributed by atoms with Crippen molar-refractivity contribution >= 4 is 29.1 Å². The van der Waals surface area contributed by atoms with Gasteiger partial charge in [0.1, 0.15) is 16.6 Å². The van der Waals surface area contributed by atoms with E-state index in [1.54, 1.807) is 37.7 Å². The summed E-state index contributed by atoms with van der Waals surface area (Å²) < 4.78 is 23.9. The van der Waals surface area contributed by atoms with Crippen molar-refractivity contribution in [1.29, 1.82) is 0 Å². The Labute approximate surface area is 189 Å². The maximum Gasteiger partial charge on any atom is 0.347 e. The normalized spacial score (nSPS) is 11.9. The molecule has 8 heteroatoms. The fourth-order valence-corrected chi connectivity index (χ4v) is 5.00. The monoisotopic (exact) mass is 461 g/mol. The molecule has 0 fully saturated rings. The Hall–Kier alpha value is -2.42. The summed E-state index contributed by atoms with van der Waals surface area (Å²) in [4.78, 5) is 18.3. The molecule has 0 aliphatic heterocycles. The molecule has 0 saturated heterocycles. The number of carbonyl (C=O) groups is 1. The summed E-state index contributed by atoms with van der Waals surface area (Å²) in [6.07, 6.45) is -0.675. The zero-order valence-electron chi connectivity index (χ0n) is 17.6. The van der Waals surface area contributed by atoms with Gasteiger partial charge in [-0.3, -0.25) is 0 Å². The van der Waals surface area contributed by atoms with Crippen molar-refractivity contribution in [3.63, 3.8) is 0 Å². The summed E-state index contributed by atoms with van der Waals surface area (Å²) in [7, 11) is 0. The van der Waals surface area contributed by atoms with Crippen molar-refractivity contribution < 1.29 is 23.8 Å². The largest absolute Gasteiger partial charge is 0.479 e. The van der Waals surface area contributed by atoms with Gasteiger partial charge in [0.25, 0.3) is 0 Å². The number of hydrogen-bond acceptors (Lipinski definition) is 7. The summed E-state index contributed by atoms with van der Waals surface area (Å²) in [6.45, 7) is 5.52. The van der Waals surface area contributed by atoms with E-state index < -0.39 is 6.10 Å². The number of benzene rings is 2. The molecular weight excluding hydrogens is 437 g/mol. The third-order valence-electron chi connectivity index (χ3n) is 4.46. The van der Waals surface area contributed by atoms with E-state index >= 15 is 0 Å². The lowest BCUT2D eigenvalue weighted by Gasteiger charge is -2.15. The van der Waals surface area contributed by atoms with Gasteiger partial charge >= 0.3 is 5.97 Å². The van der Waals surface area contributed by atoms with Crippen LogP contribution in [0.3, 0.4) is 0 Å². The van der Waals surface area contributed by atoms with Gasteiger partial charge in [-0.1, -0.05) is 0 Å². The van der Waals surface area contributed by atoms with E-state index in [2.05, 4.69) is 4.98 Å². The highest BCUT2D eigenvalue weighted by Crippen LogP contribution is 2.34. The molecule has 1 unspecified atom stereocenters. The van der Waals surface area contributed by atoms with Crippen molar-refractivity contribution in [2.45, 2.75) is 44.1 Å². The lowest BCUT2D eigenvalue weighted by atomic mass is 10.2. The van der Waals surface area contributed by atoms with Gasteiger partial charge in [-0.25, -0.2) is 14.2 Å². The molecule has 5 nitrogen and oxygen atoms in total. The fourth-order valence-electron chi connectivity index (χ4n) is 2.83. The first kappa shape index (κ1) is 23.2. The number of aromatic nitrogens is 1. The molecule has 0 aliphatic rings. The Morgan fingerprint density at radius 3 is 2.65 bits per heavy atom. The van der Waals surface area contributed by atoms with Crippen LogP contribution >= 0.6 is 23.1 Å². The van der Waals surface area contributed by atoms with Gasteiger partial charge < -0.3 is 14.6 Å². The van der Waals surface area contributed by atoms with Crippen molar-refractivity contribution in [2.75, 3.05) is 6.61 Å². The van der Waals surface area contributed by atoms with Gasteiger partial charge in [0.05, 0.1) is 18.9 Å². The minimum Gasteiger partial charge on any atom is -0.479 e. The van der Waals surface area contributed by atoms with E-state index in [1.165, 1.54) is 23.5 Å². The topological polar surface area (TPSA) is 68.7 Å². The molecule has 0 amide bonds. The minimum absolute atomic E-state index is 0.148. The van der Waals surface area contributed by atoms with Crippen LogP contribution in [0.15, 0.2) is 47.4 Å². The number of thiazole rings is 1. The van der Waals surface area contributed by atoms with Crippen molar-refractivity contribution in [1.82, 2.24) is 4.98 Å². The van der Waals surface area contributed by atoms with Crippen LogP contribution in [-0.2, 0) is 21.9 Å². The van der Waals surface area contributed by atoms with E-state index in [-0.39, 0.29) is 18.4 Å². The van der Waals surface area contributed by atoms with Gasteiger partial charge in [0.15, 0.2) is 6.10 Å². The second kappa shape index (κ2) is 10.7. The van der Waals surface area contributed by atoms with Crippen LogP contribution in [-0.4, -0.2) is 28.8 Å². The molecule has 164 valence electrons. The van der Waals surface area contributed by atoms with E-state index in [0.717, 1.165) is 25.9 Å². The number of aryl methyl sites for hydroxylation is 1. The number of hydrogen-bond donors (Lipinski definition) is 1. The maximum atomic E-state index is 13.2. The zero-order valence-corrected chi connectivity index (χ0v) is 19.2. The smallest absolute Gasteiger partial charge is 0.347 e. The number of carbonyl (C=O) groups excluding carboxylic acids is 1. The molecule has 1 heterocycles. The number of aliphatic hydroxyl groups excluding tert-OH is 1. The molecule has 1 aromatic heterocycles. The Morgan fingerprint density at radius 1 is 1.26 bits per heavy atom. The van der Waals surface area contributed by atoms with Crippen LogP contribution in [0.1, 0.15) is 30.0 Å². The number of nitrogens with zero attached hydrogens (tertiary/aromatic N) is 1. The number of thioether (sulfide) groups is 1. The van der Waals surface area contributed by atoms with Gasteiger partial charge in [0, 0.05) is 21.1 Å². The van der Waals surface area contributed by atoms with Crippen LogP contribution in [0.5, 0.6) is 5.75 Å². The molecule has 31 heavy (non-hydrogen) atoms. The van der Waals surface area contributed by atoms with Gasteiger partial charge in [0.2, 0.25) is 0 Å². The Bertz CT molecular complexity index is 1040. The van der Waals surface area contributed by atoms with Crippen molar-refractivity contribution in [2.24, 2.45) is 0 Å². The van der Waals surface area contributed by atoms with Crippen LogP contribution in [0.25, 0.3) is 10.6 Å². The maximum absolute atomic E-state index is 13.2. The van der Waals surface area contributed by atoms with Crippen molar-refractivity contribution in [3.05, 3.63) is 64.4 Å². The quantitative estimate of drug-likeness (QED) is 0.341. The average Bonchev–Trinajstić information content (AvgIpc) is 3.18. The fraction of sp³-hybridized carbons (Fsp3) is 0.304. The van der Waals surface area contributed by atoms with Crippen LogP contribution in [0.4, 0.5) is 4.39 Å². The van der Waals surface area contributed by atoms with Gasteiger partial charge in [-0.2, -0.15) is 0 Å². The molecular formula is C23H24FNO4S2. The highest BCUT2D eigenvalue weighted by atomic mass is 32.2. The first-order valence-electron chi connectivity index (χ1n) is 9.83. The summed E-state index contributed by atoms with van der Waals surface area (Å²) >= 11 is 3.12. The Morgan fingerprint density at radius 2 is 2.00 bits per heavy atom. The number of rotatable bonds is 9. The van der Waals surface area contributed by atoms with E-state index in [9.17, 15) is 14.3 Å². The molecule has 0 spiro atoms.